The largest absolute Gasteiger partial charge is 0.744 e. The minimum Gasteiger partial charge on any atom is -0.744 e. The van der Waals surface area contributed by atoms with Crippen LogP contribution in [0.5, 0.6) is 0 Å². The lowest BCUT2D eigenvalue weighted by molar-refractivity contribution is -0.122. The molecule has 1 saturated heterocycles. The first kappa shape index (κ1) is 71.5. The molecule has 88 heavy (non-hydrogen) atoms. The first-order valence-electron chi connectivity index (χ1n) is 27.1. The van der Waals surface area contributed by atoms with Gasteiger partial charge in [0, 0.05) is 54.7 Å². The van der Waals surface area contributed by atoms with Crippen LogP contribution >= 0.6 is 37.1 Å². The number of ether oxygens (including phenoxy) is 5. The van der Waals surface area contributed by atoms with Crippen molar-refractivity contribution in [1.82, 2.24) is 24.9 Å². The molecule has 0 aliphatic carbocycles. The summed E-state index contributed by atoms with van der Waals surface area (Å²) in [5.41, 5.74) is 11.9. The normalized spacial score (nSPS) is 17.2. The summed E-state index contributed by atoms with van der Waals surface area (Å²) in [7, 11) is -17.2. The lowest BCUT2D eigenvalue weighted by atomic mass is 9.92. The maximum Gasteiger partial charge on any atom is 0.470 e. The lowest BCUT2D eigenvalue weighted by Crippen LogP contribution is -2.38. The maximum atomic E-state index is 13.3. The van der Waals surface area contributed by atoms with E-state index in [1.54, 1.807) is 31.3 Å². The number of nitrogens with two attached hydrogens (primary N) is 2. The number of rotatable bonds is 36. The SMILES string of the molecule is C/C=S(/O)CCCCN/S(=C/C)c1c(N)ccc2c(-c3ccc(C(=O)NCCOCCOCCOCCOCCC(=O)NCCCc4cn([C@@H]5O[C@H](COP(=O)(O)O)[C@H](OP(=O)(O)O)[C@@H]5O)c(=O)nc4N)cc3C(=O)O)c3cccc(S(=O)(=O)[O-])c3[o+]c12. The molecule has 0 spiro atoms. The molecule has 3 aromatic carbocycles. The van der Waals surface area contributed by atoms with Crippen molar-refractivity contribution in [3.05, 3.63) is 81.9 Å². The Bertz CT molecular complexity index is 3620. The Hall–Kier alpha value is -5.53. The standard InChI is InChI=1S/C52H71N7O24P2S3/c1-3-86(72)28-6-5-18-57-87(4-2)47-38(53)15-14-36-42(35-10-7-11-40(88(73,74)75)44(35)82-45(36)47)34-13-12-32(29-37(34)51(63)64)49(62)56-19-21-77-23-25-79-27-26-78-24-22-76-20-16-41(60)55-17-8-9-33-30-59(52(65)58-48(33)54)50-43(61)46(83-85(69,70)71)39(81-50)31-80-84(66,67)68/h3-4,7,10-15,29-30,39,43,46,50,57,61H,5-6,8-9,16-28,31,53H2,1-2H3,(H10-,54,55,56,58,60,62,63,64,65,66,67,68,69,70,71,72,73,74,75)/t39-,43+,46+,50-,86?,87?/m1/s1. The summed E-state index contributed by atoms with van der Waals surface area (Å²) < 4.78 is 118. The Labute approximate surface area is 509 Å². The maximum absolute atomic E-state index is 13.3. The van der Waals surface area contributed by atoms with Gasteiger partial charge in [0.05, 0.1) is 81.5 Å². The first-order chi connectivity index (χ1) is 41.7. The Morgan fingerprint density at radius 1 is 0.852 bits per heavy atom. The Morgan fingerprint density at radius 2 is 1.52 bits per heavy atom. The number of carboxylic acids is 1. The zero-order valence-electron chi connectivity index (χ0n) is 47.6. The number of nitrogens with one attached hydrogen (secondary N) is 3. The number of hydrogen-bond donors (Lipinski definition) is 12. The molecular weight excluding hydrogens is 1260 g/mol. The molecule has 2 aromatic heterocycles. The van der Waals surface area contributed by atoms with Gasteiger partial charge in [-0.1, -0.05) is 33.6 Å². The summed E-state index contributed by atoms with van der Waals surface area (Å²) in [6, 6.07) is 11.3. The second kappa shape index (κ2) is 33.5. The van der Waals surface area contributed by atoms with Crippen LogP contribution in [0.2, 0.25) is 0 Å². The fourth-order valence-corrected chi connectivity index (χ4v) is 12.8. The summed E-state index contributed by atoms with van der Waals surface area (Å²) >= 11 is 0. The number of carboxylic acid groups (broad SMARTS) is 1. The summed E-state index contributed by atoms with van der Waals surface area (Å²) in [6.07, 6.45) is -4.04. The van der Waals surface area contributed by atoms with Crippen molar-refractivity contribution in [2.75, 3.05) is 96.3 Å². The molecule has 0 bridgehead atoms. The highest BCUT2D eigenvalue weighted by atomic mass is 32.2. The summed E-state index contributed by atoms with van der Waals surface area (Å²) in [4.78, 5) is 91.7. The number of phosphoric ester groups is 2. The molecule has 2 unspecified atom stereocenters. The second-order valence-electron chi connectivity index (χ2n) is 19.2. The average Bonchev–Trinajstić information content (AvgIpc) is 0.978. The van der Waals surface area contributed by atoms with E-state index >= 15 is 0 Å². The van der Waals surface area contributed by atoms with E-state index in [-0.39, 0.29) is 141 Å². The van der Waals surface area contributed by atoms with Crippen LogP contribution in [0.15, 0.2) is 73.7 Å². The van der Waals surface area contributed by atoms with Gasteiger partial charge in [-0.05, 0) is 92.2 Å². The summed E-state index contributed by atoms with van der Waals surface area (Å²) in [5.74, 6) is -1.90. The van der Waals surface area contributed by atoms with Gasteiger partial charge in [0.15, 0.2) is 11.1 Å². The van der Waals surface area contributed by atoms with Gasteiger partial charge < -0.3 is 84.7 Å². The van der Waals surface area contributed by atoms with E-state index in [0.29, 0.717) is 35.4 Å². The molecule has 0 radical (unpaired) electrons. The van der Waals surface area contributed by atoms with E-state index in [9.17, 15) is 65.8 Å². The fraction of sp³-hybridized carbons (Fsp3) is 0.462. The van der Waals surface area contributed by atoms with E-state index in [1.165, 1.54) is 36.5 Å². The van der Waals surface area contributed by atoms with Crippen molar-refractivity contribution in [3.8, 4) is 11.1 Å². The third kappa shape index (κ3) is 20.8. The number of amides is 2. The fourth-order valence-electron chi connectivity index (χ4n) is 8.98. The quantitative estimate of drug-likeness (QED) is 0.00521. The van der Waals surface area contributed by atoms with Crippen molar-refractivity contribution in [2.24, 2.45) is 0 Å². The number of aliphatic hydroxyl groups is 1. The number of anilines is 2. The molecule has 3 heterocycles. The van der Waals surface area contributed by atoms with E-state index < -0.39 is 101 Å². The monoisotopic (exact) mass is 1340 g/mol. The third-order valence-electron chi connectivity index (χ3n) is 13.1. The van der Waals surface area contributed by atoms with E-state index in [2.05, 4.69) is 29.4 Å². The number of phosphoric acid groups is 2. The topological polar surface area (TPSA) is 483 Å². The first-order valence-corrected chi connectivity index (χ1v) is 34.3. The number of nitrogen functional groups attached to an aromatic ring is 2. The van der Waals surface area contributed by atoms with Crippen molar-refractivity contribution in [2.45, 2.75) is 80.3 Å². The highest BCUT2D eigenvalue weighted by Crippen LogP contribution is 2.47. The number of aromatic carboxylic acids is 1. The van der Waals surface area contributed by atoms with Crippen LogP contribution in [-0.2, 0) is 63.2 Å². The Balaban J connectivity index is 0.893. The predicted octanol–water partition coefficient (Wildman–Crippen LogP) is 2.94. The van der Waals surface area contributed by atoms with Crippen LogP contribution in [0.1, 0.15) is 72.0 Å². The van der Waals surface area contributed by atoms with Crippen molar-refractivity contribution in [1.29, 1.82) is 0 Å². The molecule has 1 aliphatic heterocycles. The number of nitrogens with zero attached hydrogens (tertiary/aromatic N) is 2. The number of carbonyl (C=O) groups excluding carboxylic acids is 2. The second-order valence-corrected chi connectivity index (χ2v) is 26.5. The number of aromatic nitrogens is 2. The number of hydrogen-bond acceptors (Lipinski definition) is 22. The zero-order chi connectivity index (χ0) is 64.3. The molecule has 486 valence electrons. The van der Waals surface area contributed by atoms with Gasteiger partial charge in [-0.15, -0.1) is 0 Å². The number of aryl methyl sites for hydroxylation is 1. The number of benzene rings is 3. The highest BCUT2D eigenvalue weighted by Gasteiger charge is 2.49. The smallest absolute Gasteiger partial charge is 0.470 e. The summed E-state index contributed by atoms with van der Waals surface area (Å²) in [5, 5.41) is 30.9. The number of para-hydroxylation sites is 1. The molecule has 2 amide bonds. The Kier molecular flexibility index (Phi) is 27.2. The van der Waals surface area contributed by atoms with Crippen molar-refractivity contribution >= 4 is 109 Å². The van der Waals surface area contributed by atoms with E-state index in [4.69, 9.17) is 49.4 Å². The van der Waals surface area contributed by atoms with E-state index in [1.807, 2.05) is 5.37 Å². The minimum absolute atomic E-state index is 0.00616. The van der Waals surface area contributed by atoms with Gasteiger partial charge in [-0.2, -0.15) is 4.98 Å². The predicted molar refractivity (Wildman–Crippen MR) is 324 cm³/mol. The molecule has 1 fully saturated rings. The van der Waals surface area contributed by atoms with Gasteiger partial charge in [0.2, 0.25) is 5.91 Å². The Morgan fingerprint density at radius 3 is 2.16 bits per heavy atom. The van der Waals surface area contributed by atoms with Crippen molar-refractivity contribution < 1.29 is 108 Å². The van der Waals surface area contributed by atoms with Gasteiger partial charge in [0.25, 0.3) is 5.91 Å². The molecule has 31 nitrogen and oxygen atoms in total. The van der Waals surface area contributed by atoms with Gasteiger partial charge in [-0.25, -0.2) is 31.6 Å². The van der Waals surface area contributed by atoms with Crippen molar-refractivity contribution in [3.63, 3.8) is 0 Å². The number of aliphatic hydroxyl groups excluding tert-OH is 1. The van der Waals surface area contributed by atoms with Crippen LogP contribution in [0.25, 0.3) is 33.1 Å². The molecule has 6 rings (SSSR count). The average molecular weight is 1340 g/mol. The van der Waals surface area contributed by atoms with Crippen LogP contribution in [0, 0.1) is 0 Å². The molecule has 1 aliphatic rings. The molecule has 6 atom stereocenters. The molecule has 5 aromatic rings. The van der Waals surface area contributed by atoms with Gasteiger partial charge in [0.1, 0.15) is 39.1 Å². The van der Waals surface area contributed by atoms with Crippen LogP contribution in [0.3, 0.4) is 0 Å². The van der Waals surface area contributed by atoms with E-state index in [0.717, 1.165) is 17.1 Å². The van der Waals surface area contributed by atoms with Gasteiger partial charge in [-0.3, -0.25) is 27.9 Å². The van der Waals surface area contributed by atoms with Crippen LogP contribution < -0.4 is 32.5 Å². The molecule has 14 N–H and O–H groups in total. The lowest BCUT2D eigenvalue weighted by Gasteiger charge is -2.21. The molecule has 36 heteroatoms. The third-order valence-corrected chi connectivity index (χ3v) is 18.0. The van der Waals surface area contributed by atoms with Crippen LogP contribution in [0.4, 0.5) is 11.5 Å². The highest BCUT2D eigenvalue weighted by molar-refractivity contribution is 8.13. The number of unbranched alkanes of at least 4 members (excludes halogenated alkanes) is 1. The minimum atomic E-state index is -5.28. The number of fused-ring (bicyclic) bond motifs is 2. The molecule has 0 saturated carbocycles. The summed E-state index contributed by atoms with van der Waals surface area (Å²) in [6.45, 7) is 4.80. The number of carbonyl (C=O) groups is 3. The zero-order valence-corrected chi connectivity index (χ0v) is 51.9. The van der Waals surface area contributed by atoms with Crippen LogP contribution in [-0.4, -0.2) is 189 Å². The van der Waals surface area contributed by atoms with Gasteiger partial charge >= 0.3 is 38.5 Å². The molecular formula is C52H71N7O24P2S3.